The standard InChI is InChI=1S/C37H44N2O6/c1-2-20-39(32-8-3-4-9-32)24-33-22-34(29-12-10-26(25-40)11-13-29)45-37(44-33)30-16-14-28(15-17-30)31-7-5-6-27(21-31)23-38-35(41)18-19-36(42)43/h2,5-7,10-17,21,32-34,37,40H,1,3-4,8-9,18-20,22-25H2,(H,38,41)(H,42,43)/t33-,34+,37+/m0/s1. The number of aliphatic hydroxyl groups excluding tert-OH is 1. The van der Waals surface area contributed by atoms with Gasteiger partial charge in [-0.3, -0.25) is 14.5 Å². The lowest BCUT2D eigenvalue weighted by atomic mass is 9.98. The zero-order chi connectivity index (χ0) is 31.6. The molecule has 8 nitrogen and oxygen atoms in total. The van der Waals surface area contributed by atoms with Gasteiger partial charge in [-0.15, -0.1) is 6.58 Å². The number of nitrogens with one attached hydrogen (secondary N) is 1. The molecular weight excluding hydrogens is 568 g/mol. The van der Waals surface area contributed by atoms with Crippen molar-refractivity contribution >= 4 is 11.9 Å². The van der Waals surface area contributed by atoms with E-state index in [0.29, 0.717) is 12.6 Å². The van der Waals surface area contributed by atoms with Crippen LogP contribution in [0.4, 0.5) is 0 Å². The van der Waals surface area contributed by atoms with Gasteiger partial charge in [-0.05, 0) is 46.7 Å². The van der Waals surface area contributed by atoms with E-state index in [0.717, 1.165) is 52.9 Å². The zero-order valence-electron chi connectivity index (χ0n) is 25.8. The van der Waals surface area contributed by atoms with Gasteiger partial charge in [0.2, 0.25) is 5.91 Å². The lowest BCUT2D eigenvalue weighted by Crippen LogP contribution is -2.43. The van der Waals surface area contributed by atoms with Crippen LogP contribution < -0.4 is 5.32 Å². The lowest BCUT2D eigenvalue weighted by molar-refractivity contribution is -0.253. The van der Waals surface area contributed by atoms with Gasteiger partial charge < -0.3 is 25.0 Å². The molecule has 1 aliphatic carbocycles. The molecule has 3 atom stereocenters. The number of nitrogens with zero attached hydrogens (tertiary/aromatic N) is 1. The fourth-order valence-corrected chi connectivity index (χ4v) is 6.31. The molecule has 0 bridgehead atoms. The molecule has 0 aromatic heterocycles. The monoisotopic (exact) mass is 612 g/mol. The van der Waals surface area contributed by atoms with Crippen LogP contribution in [0.1, 0.15) is 79.6 Å². The van der Waals surface area contributed by atoms with Gasteiger partial charge in [0.15, 0.2) is 6.29 Å². The van der Waals surface area contributed by atoms with E-state index in [1.54, 1.807) is 0 Å². The summed E-state index contributed by atoms with van der Waals surface area (Å²) in [6, 6.07) is 24.7. The Bertz CT molecular complexity index is 1420. The first kappa shape index (κ1) is 32.6. The Morgan fingerprint density at radius 2 is 1.64 bits per heavy atom. The number of carboxylic acid groups (broad SMARTS) is 1. The highest BCUT2D eigenvalue weighted by Gasteiger charge is 2.34. The molecule has 3 aromatic carbocycles. The van der Waals surface area contributed by atoms with Crippen molar-refractivity contribution in [2.45, 2.75) is 82.6 Å². The summed E-state index contributed by atoms with van der Waals surface area (Å²) in [4.78, 5) is 25.2. The first-order valence-corrected chi connectivity index (χ1v) is 15.9. The Labute approximate surface area is 265 Å². The van der Waals surface area contributed by atoms with Crippen molar-refractivity contribution in [3.63, 3.8) is 0 Å². The maximum absolute atomic E-state index is 12.0. The molecule has 3 N–H and O–H groups in total. The fraction of sp³-hybridized carbons (Fsp3) is 0.405. The van der Waals surface area contributed by atoms with Crippen LogP contribution in [0.25, 0.3) is 11.1 Å². The van der Waals surface area contributed by atoms with Gasteiger partial charge in [-0.1, -0.05) is 85.6 Å². The first-order chi connectivity index (χ1) is 21.9. The van der Waals surface area contributed by atoms with E-state index in [-0.39, 0.29) is 37.6 Å². The van der Waals surface area contributed by atoms with Gasteiger partial charge in [-0.2, -0.15) is 0 Å². The second kappa shape index (κ2) is 16.0. The second-order valence-electron chi connectivity index (χ2n) is 12.0. The van der Waals surface area contributed by atoms with Crippen molar-refractivity contribution < 1.29 is 29.3 Å². The Balaban J connectivity index is 1.30. The molecule has 1 amide bonds. The smallest absolute Gasteiger partial charge is 0.303 e. The average Bonchev–Trinajstić information content (AvgIpc) is 3.62. The van der Waals surface area contributed by atoms with E-state index < -0.39 is 12.3 Å². The van der Waals surface area contributed by atoms with Crippen LogP contribution in [0.3, 0.4) is 0 Å². The number of carbonyl (C=O) groups is 2. The molecule has 1 heterocycles. The maximum atomic E-state index is 12.0. The van der Waals surface area contributed by atoms with Gasteiger partial charge >= 0.3 is 5.97 Å². The largest absolute Gasteiger partial charge is 0.481 e. The molecule has 8 heteroatoms. The number of carboxylic acids is 1. The molecule has 0 spiro atoms. The summed E-state index contributed by atoms with van der Waals surface area (Å²) >= 11 is 0. The van der Waals surface area contributed by atoms with E-state index in [1.165, 1.54) is 25.7 Å². The van der Waals surface area contributed by atoms with Crippen molar-refractivity contribution in [3.8, 4) is 11.1 Å². The molecule has 0 radical (unpaired) electrons. The van der Waals surface area contributed by atoms with Crippen molar-refractivity contribution in [1.82, 2.24) is 10.2 Å². The summed E-state index contributed by atoms with van der Waals surface area (Å²) < 4.78 is 13.2. The molecule has 2 aliphatic rings. The van der Waals surface area contributed by atoms with Crippen LogP contribution in [-0.4, -0.2) is 52.2 Å². The quantitative estimate of drug-likeness (QED) is 0.183. The number of carbonyl (C=O) groups excluding carboxylic acids is 1. The molecule has 3 aromatic rings. The Kier molecular flexibility index (Phi) is 11.5. The van der Waals surface area contributed by atoms with E-state index in [2.05, 4.69) is 28.9 Å². The predicted molar refractivity (Wildman–Crippen MR) is 173 cm³/mol. The predicted octanol–water partition coefficient (Wildman–Crippen LogP) is 6.30. The van der Waals surface area contributed by atoms with Gasteiger partial charge in [0.25, 0.3) is 0 Å². The number of amides is 1. The molecule has 45 heavy (non-hydrogen) atoms. The van der Waals surface area contributed by atoms with Crippen molar-refractivity contribution in [3.05, 3.63) is 108 Å². The topological polar surface area (TPSA) is 108 Å². The van der Waals surface area contributed by atoms with Crippen LogP contribution in [0.5, 0.6) is 0 Å². The van der Waals surface area contributed by atoms with E-state index in [9.17, 15) is 14.7 Å². The summed E-state index contributed by atoms with van der Waals surface area (Å²) in [5.41, 5.74) is 5.87. The minimum absolute atomic E-state index is 0.00868. The summed E-state index contributed by atoms with van der Waals surface area (Å²) in [6.07, 6.45) is 6.79. The third-order valence-electron chi connectivity index (χ3n) is 8.76. The van der Waals surface area contributed by atoms with Crippen LogP contribution in [0.2, 0.25) is 0 Å². The summed E-state index contributed by atoms with van der Waals surface area (Å²) in [5.74, 6) is -1.27. The first-order valence-electron chi connectivity index (χ1n) is 15.9. The van der Waals surface area contributed by atoms with Crippen molar-refractivity contribution in [2.75, 3.05) is 13.1 Å². The third-order valence-corrected chi connectivity index (χ3v) is 8.76. The number of hydrogen-bond acceptors (Lipinski definition) is 6. The van der Waals surface area contributed by atoms with E-state index >= 15 is 0 Å². The molecule has 0 unspecified atom stereocenters. The van der Waals surface area contributed by atoms with E-state index in [1.807, 2.05) is 66.7 Å². The lowest BCUT2D eigenvalue weighted by Gasteiger charge is -2.39. The zero-order valence-corrected chi connectivity index (χ0v) is 25.8. The number of aliphatic carboxylic acids is 1. The number of ether oxygens (including phenoxy) is 2. The highest BCUT2D eigenvalue weighted by molar-refractivity contribution is 5.80. The Morgan fingerprint density at radius 3 is 2.33 bits per heavy atom. The van der Waals surface area contributed by atoms with Gasteiger partial charge in [0.1, 0.15) is 0 Å². The fourth-order valence-electron chi connectivity index (χ4n) is 6.31. The number of rotatable bonds is 14. The number of benzene rings is 3. The molecular formula is C37H44N2O6. The molecule has 1 saturated heterocycles. The molecule has 1 saturated carbocycles. The minimum Gasteiger partial charge on any atom is -0.481 e. The second-order valence-corrected chi connectivity index (χ2v) is 12.0. The molecule has 2 fully saturated rings. The number of hydrogen-bond donors (Lipinski definition) is 3. The van der Waals surface area contributed by atoms with Gasteiger partial charge in [0, 0.05) is 44.1 Å². The van der Waals surface area contributed by atoms with Crippen molar-refractivity contribution in [2.24, 2.45) is 0 Å². The van der Waals surface area contributed by atoms with Crippen LogP contribution in [-0.2, 0) is 32.2 Å². The summed E-state index contributed by atoms with van der Waals surface area (Å²) in [5, 5.41) is 21.1. The van der Waals surface area contributed by atoms with Crippen molar-refractivity contribution in [1.29, 1.82) is 0 Å². The number of aliphatic hydroxyl groups is 1. The summed E-state index contributed by atoms with van der Waals surface area (Å²) in [7, 11) is 0. The average molecular weight is 613 g/mol. The summed E-state index contributed by atoms with van der Waals surface area (Å²) in [6.45, 7) is 6.01. The Hall–Kier alpha value is -3.82. The van der Waals surface area contributed by atoms with Gasteiger partial charge in [-0.25, -0.2) is 0 Å². The minimum atomic E-state index is -0.985. The van der Waals surface area contributed by atoms with Gasteiger partial charge in [0.05, 0.1) is 25.2 Å². The molecule has 5 rings (SSSR count). The van der Waals surface area contributed by atoms with Crippen LogP contribution in [0, 0.1) is 0 Å². The van der Waals surface area contributed by atoms with Crippen LogP contribution in [0.15, 0.2) is 85.5 Å². The Morgan fingerprint density at radius 1 is 0.911 bits per heavy atom. The molecule has 238 valence electrons. The third kappa shape index (κ3) is 9.11. The normalized spacial score (nSPS) is 20.3. The van der Waals surface area contributed by atoms with E-state index in [4.69, 9.17) is 14.6 Å². The molecule has 1 aliphatic heterocycles. The SMILES string of the molecule is C=CCN(C[C@@H]1C[C@H](c2ccc(CO)cc2)O[C@H](c2ccc(-c3cccc(CNC(=O)CCC(=O)O)c3)cc2)O1)C1CCCC1. The highest BCUT2D eigenvalue weighted by Crippen LogP contribution is 2.39. The highest BCUT2D eigenvalue weighted by atomic mass is 16.7. The van der Waals surface area contributed by atoms with Crippen LogP contribution >= 0.6 is 0 Å². The maximum Gasteiger partial charge on any atom is 0.303 e.